The Balaban J connectivity index is 1.92. The van der Waals surface area contributed by atoms with Gasteiger partial charge in [0.05, 0.1) is 17.2 Å². The first-order chi connectivity index (χ1) is 12.4. The first kappa shape index (κ1) is 20.3. The van der Waals surface area contributed by atoms with E-state index in [-0.39, 0.29) is 37.1 Å². The van der Waals surface area contributed by atoms with Gasteiger partial charge < -0.3 is 20.3 Å². The molecule has 7 nitrogen and oxygen atoms in total. The van der Waals surface area contributed by atoms with E-state index in [0.29, 0.717) is 23.0 Å². The van der Waals surface area contributed by atoms with Crippen LogP contribution in [-0.4, -0.2) is 55.1 Å². The van der Waals surface area contributed by atoms with Gasteiger partial charge in [-0.2, -0.15) is 0 Å². The van der Waals surface area contributed by atoms with Crippen LogP contribution in [0.3, 0.4) is 0 Å². The lowest BCUT2D eigenvalue weighted by Crippen LogP contribution is -2.47. The maximum atomic E-state index is 12.8. The van der Waals surface area contributed by atoms with Gasteiger partial charge in [0.25, 0.3) is 5.91 Å². The molecule has 142 valence electrons. The number of alkyl carbamates (subject to hydrolysis) is 1. The molecule has 1 aromatic carbocycles. The van der Waals surface area contributed by atoms with Crippen LogP contribution in [0.2, 0.25) is 10.0 Å². The van der Waals surface area contributed by atoms with Gasteiger partial charge in [-0.15, -0.1) is 0 Å². The highest BCUT2D eigenvalue weighted by atomic mass is 35.5. The number of amides is 3. The largest absolute Gasteiger partial charge is 0.450 e. The van der Waals surface area contributed by atoms with Gasteiger partial charge in [0.1, 0.15) is 6.04 Å². The molecule has 1 aromatic rings. The number of carbonyl (C=O) groups excluding carboxylic acids is 3. The molecule has 2 rings (SSSR count). The second-order valence-electron chi connectivity index (χ2n) is 5.72. The summed E-state index contributed by atoms with van der Waals surface area (Å²) in [5.74, 6) is -0.584. The van der Waals surface area contributed by atoms with Crippen molar-refractivity contribution in [3.8, 4) is 0 Å². The lowest BCUT2D eigenvalue weighted by atomic mass is 10.1. The Morgan fingerprint density at radius 2 is 1.96 bits per heavy atom. The molecule has 0 radical (unpaired) electrons. The van der Waals surface area contributed by atoms with E-state index in [4.69, 9.17) is 27.9 Å². The third-order valence-corrected chi connectivity index (χ3v) is 4.51. The lowest BCUT2D eigenvalue weighted by molar-refractivity contribution is -0.124. The number of benzene rings is 1. The smallest absolute Gasteiger partial charge is 0.407 e. The summed E-state index contributed by atoms with van der Waals surface area (Å²) in [5, 5.41) is 5.94. The molecule has 3 amide bonds. The van der Waals surface area contributed by atoms with Gasteiger partial charge in [-0.25, -0.2) is 4.79 Å². The molecular formula is C17H21Cl2N3O4. The molecule has 1 unspecified atom stereocenters. The zero-order valence-electron chi connectivity index (χ0n) is 14.4. The third-order valence-electron chi connectivity index (χ3n) is 3.94. The van der Waals surface area contributed by atoms with E-state index in [1.54, 1.807) is 19.1 Å². The van der Waals surface area contributed by atoms with E-state index in [1.807, 2.05) is 0 Å². The van der Waals surface area contributed by atoms with Crippen LogP contribution in [0, 0.1) is 0 Å². The van der Waals surface area contributed by atoms with E-state index in [2.05, 4.69) is 10.6 Å². The zero-order chi connectivity index (χ0) is 19.1. The van der Waals surface area contributed by atoms with Crippen molar-refractivity contribution in [2.45, 2.75) is 25.8 Å². The van der Waals surface area contributed by atoms with Crippen LogP contribution < -0.4 is 10.6 Å². The molecule has 2 N–H and O–H groups in total. The Kier molecular flexibility index (Phi) is 7.53. The molecule has 1 saturated heterocycles. The minimum atomic E-state index is -0.569. The Bertz CT molecular complexity index is 684. The number of likely N-dealkylation sites (tertiary alicyclic amines) is 1. The topological polar surface area (TPSA) is 87.7 Å². The van der Waals surface area contributed by atoms with Gasteiger partial charge in [0.15, 0.2) is 0 Å². The number of nitrogens with one attached hydrogen (secondary N) is 2. The maximum absolute atomic E-state index is 12.8. The van der Waals surface area contributed by atoms with Crippen LogP contribution >= 0.6 is 23.2 Å². The van der Waals surface area contributed by atoms with E-state index < -0.39 is 12.1 Å². The predicted molar refractivity (Wildman–Crippen MR) is 98.6 cm³/mol. The Hall–Kier alpha value is -1.99. The monoisotopic (exact) mass is 401 g/mol. The van der Waals surface area contributed by atoms with E-state index in [0.717, 1.165) is 6.42 Å². The number of carbonyl (C=O) groups is 3. The fourth-order valence-electron chi connectivity index (χ4n) is 2.75. The number of nitrogens with zero attached hydrogens (tertiary/aromatic N) is 1. The number of hydrogen-bond donors (Lipinski definition) is 2. The fourth-order valence-corrected chi connectivity index (χ4v) is 3.12. The van der Waals surface area contributed by atoms with Crippen molar-refractivity contribution in [2.75, 3.05) is 26.2 Å². The molecule has 1 atom stereocenters. The zero-order valence-corrected chi connectivity index (χ0v) is 15.9. The molecule has 0 saturated carbocycles. The van der Waals surface area contributed by atoms with Crippen molar-refractivity contribution in [3.63, 3.8) is 0 Å². The van der Waals surface area contributed by atoms with E-state index >= 15 is 0 Å². The van der Waals surface area contributed by atoms with Crippen LogP contribution in [0.1, 0.15) is 30.1 Å². The van der Waals surface area contributed by atoms with Gasteiger partial charge >= 0.3 is 6.09 Å². The second-order valence-corrected chi connectivity index (χ2v) is 6.56. The third kappa shape index (κ3) is 5.25. The highest BCUT2D eigenvalue weighted by molar-refractivity contribution is 6.35. The molecule has 1 aliphatic rings. The van der Waals surface area contributed by atoms with Crippen molar-refractivity contribution in [2.24, 2.45) is 0 Å². The van der Waals surface area contributed by atoms with Gasteiger partial charge in [-0.3, -0.25) is 9.59 Å². The number of hydrogen-bond acceptors (Lipinski definition) is 4. The normalized spacial score (nSPS) is 16.3. The molecule has 0 aliphatic carbocycles. The Morgan fingerprint density at radius 3 is 2.69 bits per heavy atom. The lowest BCUT2D eigenvalue weighted by Gasteiger charge is -2.24. The average molecular weight is 402 g/mol. The molecular weight excluding hydrogens is 381 g/mol. The van der Waals surface area contributed by atoms with Crippen LogP contribution in [0.25, 0.3) is 0 Å². The van der Waals surface area contributed by atoms with E-state index in [1.165, 1.54) is 11.0 Å². The molecule has 9 heteroatoms. The minimum absolute atomic E-state index is 0.241. The van der Waals surface area contributed by atoms with Gasteiger partial charge in [-0.1, -0.05) is 23.2 Å². The number of ether oxygens (including phenoxy) is 1. The molecule has 0 aromatic heterocycles. The van der Waals surface area contributed by atoms with Crippen molar-refractivity contribution < 1.29 is 19.1 Å². The van der Waals surface area contributed by atoms with Crippen LogP contribution in [0.5, 0.6) is 0 Å². The Labute approximate surface area is 162 Å². The highest BCUT2D eigenvalue weighted by Gasteiger charge is 2.35. The summed E-state index contributed by atoms with van der Waals surface area (Å²) in [6, 6.07) is 4.09. The first-order valence-corrected chi connectivity index (χ1v) is 9.14. The molecule has 1 heterocycles. The molecule has 1 fully saturated rings. The second kappa shape index (κ2) is 9.64. The summed E-state index contributed by atoms with van der Waals surface area (Å²) in [7, 11) is 0. The van der Waals surface area contributed by atoms with Gasteiger partial charge in [0.2, 0.25) is 5.91 Å². The highest BCUT2D eigenvalue weighted by Crippen LogP contribution is 2.26. The molecule has 0 spiro atoms. The van der Waals surface area contributed by atoms with Crippen molar-refractivity contribution >= 4 is 41.1 Å². The Morgan fingerprint density at radius 1 is 1.23 bits per heavy atom. The van der Waals surface area contributed by atoms with Crippen molar-refractivity contribution in [1.29, 1.82) is 0 Å². The number of rotatable bonds is 6. The summed E-state index contributed by atoms with van der Waals surface area (Å²) in [4.78, 5) is 37.8. The summed E-state index contributed by atoms with van der Waals surface area (Å²) >= 11 is 12.0. The standard InChI is InChI=1S/C17H21Cl2N3O4/c1-2-26-17(25)21-8-7-20-15(23)14-4-3-9-22(14)16(24)12-10-11(18)5-6-13(12)19/h5-6,10,14H,2-4,7-9H2,1H3,(H,20,23)(H,21,25). The summed E-state index contributed by atoms with van der Waals surface area (Å²) in [6.45, 7) is 2.95. The molecule has 1 aliphatic heterocycles. The minimum Gasteiger partial charge on any atom is -0.450 e. The predicted octanol–water partition coefficient (Wildman–Crippen LogP) is 2.46. The SMILES string of the molecule is CCOC(=O)NCCNC(=O)C1CCCN1C(=O)c1cc(Cl)ccc1Cl. The van der Waals surface area contributed by atoms with Crippen LogP contribution in [-0.2, 0) is 9.53 Å². The molecule has 26 heavy (non-hydrogen) atoms. The fraction of sp³-hybridized carbons (Fsp3) is 0.471. The maximum Gasteiger partial charge on any atom is 0.407 e. The van der Waals surface area contributed by atoms with Crippen LogP contribution in [0.15, 0.2) is 18.2 Å². The first-order valence-electron chi connectivity index (χ1n) is 8.38. The van der Waals surface area contributed by atoms with Crippen molar-refractivity contribution in [1.82, 2.24) is 15.5 Å². The number of halogens is 2. The van der Waals surface area contributed by atoms with Crippen LogP contribution in [0.4, 0.5) is 4.79 Å². The van der Waals surface area contributed by atoms with Gasteiger partial charge in [-0.05, 0) is 38.0 Å². The van der Waals surface area contributed by atoms with E-state index in [9.17, 15) is 14.4 Å². The van der Waals surface area contributed by atoms with Gasteiger partial charge in [0, 0.05) is 24.7 Å². The molecule has 0 bridgehead atoms. The summed E-state index contributed by atoms with van der Waals surface area (Å²) < 4.78 is 4.73. The summed E-state index contributed by atoms with van der Waals surface area (Å²) in [6.07, 6.45) is 0.763. The quantitative estimate of drug-likeness (QED) is 0.716. The average Bonchev–Trinajstić information content (AvgIpc) is 3.10. The summed E-state index contributed by atoms with van der Waals surface area (Å²) in [5.41, 5.74) is 0.280. The van der Waals surface area contributed by atoms with Crippen molar-refractivity contribution in [3.05, 3.63) is 33.8 Å².